The van der Waals surface area contributed by atoms with Crippen molar-refractivity contribution in [2.75, 3.05) is 0 Å². The van der Waals surface area contributed by atoms with Gasteiger partial charge in [0.2, 0.25) is 0 Å². The van der Waals surface area contributed by atoms with Gasteiger partial charge in [-0.15, -0.1) is 0 Å². The molecular formula is C14H11O2. The summed E-state index contributed by atoms with van der Waals surface area (Å²) in [5, 5.41) is 9.06. The van der Waals surface area contributed by atoms with Crippen LogP contribution in [0.4, 0.5) is 0 Å². The first kappa shape index (κ1) is 10.4. The van der Waals surface area contributed by atoms with Crippen molar-refractivity contribution >= 4 is 5.97 Å². The van der Waals surface area contributed by atoms with Gasteiger partial charge in [-0.3, -0.25) is 0 Å². The van der Waals surface area contributed by atoms with Crippen molar-refractivity contribution in [2.24, 2.45) is 0 Å². The second-order valence-electron chi connectivity index (χ2n) is 3.64. The van der Waals surface area contributed by atoms with Crippen molar-refractivity contribution in [2.45, 2.75) is 6.92 Å². The van der Waals surface area contributed by atoms with Crippen LogP contribution < -0.4 is 0 Å². The predicted molar refractivity (Wildman–Crippen MR) is 62.4 cm³/mol. The second-order valence-corrected chi connectivity index (χ2v) is 3.64. The molecule has 0 unspecified atom stereocenters. The molecule has 2 heteroatoms. The molecule has 0 heterocycles. The smallest absolute Gasteiger partial charge is 0.336 e. The van der Waals surface area contributed by atoms with E-state index in [2.05, 4.69) is 6.07 Å². The first-order chi connectivity index (χ1) is 7.68. The molecule has 0 amide bonds. The lowest BCUT2D eigenvalue weighted by Gasteiger charge is -2.05. The normalized spacial score (nSPS) is 10.1. The minimum Gasteiger partial charge on any atom is -0.478 e. The summed E-state index contributed by atoms with van der Waals surface area (Å²) in [5.41, 5.74) is 3.08. The molecule has 0 spiro atoms. The topological polar surface area (TPSA) is 37.3 Å². The Balaban J connectivity index is 2.55. The Morgan fingerprint density at radius 2 is 1.88 bits per heavy atom. The highest BCUT2D eigenvalue weighted by molar-refractivity contribution is 5.95. The number of aromatic carboxylic acids is 1. The summed E-state index contributed by atoms with van der Waals surface area (Å²) in [4.78, 5) is 11.0. The Bertz CT molecular complexity index is 513. The average Bonchev–Trinajstić information content (AvgIpc) is 2.30. The molecule has 1 N–H and O–H groups in total. The molecule has 0 aromatic heterocycles. The zero-order valence-corrected chi connectivity index (χ0v) is 8.90. The van der Waals surface area contributed by atoms with Crippen molar-refractivity contribution in [1.82, 2.24) is 0 Å². The quantitative estimate of drug-likeness (QED) is 0.828. The van der Waals surface area contributed by atoms with Crippen LogP contribution >= 0.6 is 0 Å². The third-order valence-electron chi connectivity index (χ3n) is 2.46. The van der Waals surface area contributed by atoms with Crippen LogP contribution in [0.5, 0.6) is 0 Å². The summed E-state index contributed by atoms with van der Waals surface area (Å²) < 4.78 is 0. The van der Waals surface area contributed by atoms with Gasteiger partial charge in [0.15, 0.2) is 0 Å². The Labute approximate surface area is 94.2 Å². The molecule has 0 aliphatic rings. The molecule has 1 radical (unpaired) electrons. The molecule has 0 atom stereocenters. The number of hydrogen-bond donors (Lipinski definition) is 1. The Kier molecular flexibility index (Phi) is 2.73. The van der Waals surface area contributed by atoms with Crippen molar-refractivity contribution in [3.63, 3.8) is 0 Å². The van der Waals surface area contributed by atoms with Crippen LogP contribution in [0.3, 0.4) is 0 Å². The van der Waals surface area contributed by atoms with Gasteiger partial charge >= 0.3 is 5.97 Å². The van der Waals surface area contributed by atoms with Gasteiger partial charge in [0.25, 0.3) is 0 Å². The monoisotopic (exact) mass is 211 g/mol. The van der Waals surface area contributed by atoms with Crippen LogP contribution in [0.1, 0.15) is 15.9 Å². The number of aryl methyl sites for hydroxylation is 1. The molecule has 0 aliphatic carbocycles. The van der Waals surface area contributed by atoms with Gasteiger partial charge < -0.3 is 5.11 Å². The molecule has 2 rings (SSSR count). The van der Waals surface area contributed by atoms with Gasteiger partial charge in [-0.25, -0.2) is 4.79 Å². The van der Waals surface area contributed by atoms with Crippen LogP contribution in [-0.2, 0) is 0 Å². The maximum absolute atomic E-state index is 11.0. The van der Waals surface area contributed by atoms with Crippen molar-refractivity contribution in [3.8, 4) is 11.1 Å². The third kappa shape index (κ3) is 1.96. The molecular weight excluding hydrogens is 200 g/mol. The summed E-state index contributed by atoms with van der Waals surface area (Å²) in [6.45, 7) is 2.00. The Morgan fingerprint density at radius 1 is 1.19 bits per heavy atom. The molecule has 0 fully saturated rings. The fraction of sp³-hybridized carbons (Fsp3) is 0.0714. The number of hydrogen-bond acceptors (Lipinski definition) is 1. The van der Waals surface area contributed by atoms with Crippen LogP contribution in [0.2, 0.25) is 0 Å². The molecule has 2 aromatic carbocycles. The Morgan fingerprint density at radius 3 is 2.50 bits per heavy atom. The fourth-order valence-electron chi connectivity index (χ4n) is 1.59. The lowest BCUT2D eigenvalue weighted by Crippen LogP contribution is -1.98. The SMILES string of the molecule is Cc1ccc(-c2cc[c]cc2C(=O)O)cc1. The van der Waals surface area contributed by atoms with Gasteiger partial charge in [-0.2, -0.15) is 0 Å². The highest BCUT2D eigenvalue weighted by Crippen LogP contribution is 2.23. The van der Waals surface area contributed by atoms with Crippen molar-refractivity contribution in [1.29, 1.82) is 0 Å². The van der Waals surface area contributed by atoms with E-state index in [0.717, 1.165) is 16.7 Å². The number of rotatable bonds is 2. The number of carboxylic acid groups (broad SMARTS) is 1. The van der Waals surface area contributed by atoms with E-state index in [1.165, 1.54) is 6.07 Å². The van der Waals surface area contributed by atoms with Gasteiger partial charge in [-0.1, -0.05) is 42.0 Å². The maximum atomic E-state index is 11.0. The fourth-order valence-corrected chi connectivity index (χ4v) is 1.59. The van der Waals surface area contributed by atoms with Crippen molar-refractivity contribution < 1.29 is 9.90 Å². The van der Waals surface area contributed by atoms with E-state index >= 15 is 0 Å². The molecule has 16 heavy (non-hydrogen) atoms. The maximum Gasteiger partial charge on any atom is 0.336 e. The van der Waals surface area contributed by atoms with E-state index in [4.69, 9.17) is 5.11 Å². The third-order valence-corrected chi connectivity index (χ3v) is 2.46. The van der Waals surface area contributed by atoms with E-state index in [1.54, 1.807) is 12.1 Å². The summed E-state index contributed by atoms with van der Waals surface area (Å²) in [6.07, 6.45) is 0. The predicted octanol–water partition coefficient (Wildman–Crippen LogP) is 3.16. The van der Waals surface area contributed by atoms with Crippen LogP contribution in [0, 0.1) is 13.0 Å². The van der Waals surface area contributed by atoms with Gasteiger partial charge in [0.05, 0.1) is 5.56 Å². The van der Waals surface area contributed by atoms with Crippen LogP contribution in [-0.4, -0.2) is 11.1 Å². The van der Waals surface area contributed by atoms with E-state index in [0.29, 0.717) is 0 Å². The highest BCUT2D eigenvalue weighted by atomic mass is 16.4. The minimum atomic E-state index is -0.924. The van der Waals surface area contributed by atoms with Gasteiger partial charge in [0, 0.05) is 0 Å². The number of carbonyl (C=O) groups is 1. The van der Waals surface area contributed by atoms with E-state index in [-0.39, 0.29) is 5.56 Å². The van der Waals surface area contributed by atoms with Crippen LogP contribution in [0.25, 0.3) is 11.1 Å². The molecule has 79 valence electrons. The molecule has 2 aromatic rings. The molecule has 0 saturated carbocycles. The van der Waals surface area contributed by atoms with Crippen LogP contribution in [0.15, 0.2) is 42.5 Å². The Hall–Kier alpha value is -2.09. The van der Waals surface area contributed by atoms with Gasteiger partial charge in [-0.05, 0) is 30.2 Å². The van der Waals surface area contributed by atoms with E-state index in [9.17, 15) is 4.79 Å². The minimum absolute atomic E-state index is 0.284. The summed E-state index contributed by atoms with van der Waals surface area (Å²) in [6, 6.07) is 15.6. The summed E-state index contributed by atoms with van der Waals surface area (Å²) in [5.74, 6) is -0.924. The molecule has 2 nitrogen and oxygen atoms in total. The van der Waals surface area contributed by atoms with E-state index < -0.39 is 5.97 Å². The first-order valence-electron chi connectivity index (χ1n) is 4.99. The van der Waals surface area contributed by atoms with Crippen molar-refractivity contribution in [3.05, 3.63) is 59.7 Å². The zero-order valence-electron chi connectivity index (χ0n) is 8.90. The highest BCUT2D eigenvalue weighted by Gasteiger charge is 2.10. The average molecular weight is 211 g/mol. The molecule has 0 aliphatic heterocycles. The lowest BCUT2D eigenvalue weighted by atomic mass is 9.99. The van der Waals surface area contributed by atoms with Gasteiger partial charge in [0.1, 0.15) is 0 Å². The second kappa shape index (κ2) is 4.19. The zero-order chi connectivity index (χ0) is 11.5. The number of carboxylic acids is 1. The lowest BCUT2D eigenvalue weighted by molar-refractivity contribution is 0.0697. The largest absolute Gasteiger partial charge is 0.478 e. The summed E-state index contributed by atoms with van der Waals surface area (Å²) in [7, 11) is 0. The van der Waals surface area contributed by atoms with E-state index in [1.807, 2.05) is 31.2 Å². The standard InChI is InChI=1S/C14H11O2/c1-10-6-8-11(9-7-10)12-4-2-3-5-13(12)14(15)16/h2,4-9H,1H3,(H,15,16). The number of benzene rings is 2. The summed E-state index contributed by atoms with van der Waals surface area (Å²) >= 11 is 0. The molecule has 0 bridgehead atoms. The molecule has 0 saturated heterocycles. The first-order valence-corrected chi connectivity index (χ1v) is 4.99.